The number of rotatable bonds is 5. The van der Waals surface area contributed by atoms with E-state index in [0.29, 0.717) is 0 Å². The van der Waals surface area contributed by atoms with Crippen molar-refractivity contribution in [2.24, 2.45) is 5.92 Å². The summed E-state index contributed by atoms with van der Waals surface area (Å²) in [5, 5.41) is 3.30. The van der Waals surface area contributed by atoms with Gasteiger partial charge in [0, 0.05) is 25.0 Å². The lowest BCUT2D eigenvalue weighted by Crippen LogP contribution is -2.43. The molecule has 1 aromatic carbocycles. The van der Waals surface area contributed by atoms with Crippen molar-refractivity contribution in [1.29, 1.82) is 0 Å². The number of hydrogen-bond donors (Lipinski definition) is 1. The maximum absolute atomic E-state index is 13.3. The smallest absolute Gasteiger partial charge is 0.226 e. The van der Waals surface area contributed by atoms with Crippen LogP contribution in [0, 0.1) is 17.6 Å². The van der Waals surface area contributed by atoms with E-state index >= 15 is 0 Å². The molecule has 0 spiro atoms. The van der Waals surface area contributed by atoms with Crippen molar-refractivity contribution >= 4 is 5.91 Å². The molecule has 1 aromatic rings. The molecule has 0 aromatic heterocycles. The van der Waals surface area contributed by atoms with Gasteiger partial charge in [0.2, 0.25) is 5.91 Å². The Hall–Kier alpha value is -1.49. The van der Waals surface area contributed by atoms with Crippen LogP contribution in [-0.4, -0.2) is 36.5 Å². The molecule has 1 saturated carbocycles. The molecule has 3 atom stereocenters. The van der Waals surface area contributed by atoms with E-state index in [9.17, 15) is 13.6 Å². The zero-order valence-corrected chi connectivity index (χ0v) is 12.8. The van der Waals surface area contributed by atoms with Crippen LogP contribution in [0.1, 0.15) is 37.7 Å². The van der Waals surface area contributed by atoms with Crippen LogP contribution in [0.2, 0.25) is 0 Å². The molecule has 2 aliphatic rings. The van der Waals surface area contributed by atoms with Gasteiger partial charge in [0.15, 0.2) is 11.6 Å². The highest BCUT2D eigenvalue weighted by atomic mass is 19.2. The molecule has 1 aliphatic heterocycles. The largest absolute Gasteiger partial charge is 0.338 e. The molecule has 0 bridgehead atoms. The third-order valence-corrected chi connectivity index (χ3v) is 4.70. The molecule has 3 nitrogen and oxygen atoms in total. The van der Waals surface area contributed by atoms with Crippen molar-refractivity contribution in [3.8, 4) is 0 Å². The Morgan fingerprint density at radius 2 is 2.18 bits per heavy atom. The van der Waals surface area contributed by atoms with Gasteiger partial charge in [-0.3, -0.25) is 4.79 Å². The van der Waals surface area contributed by atoms with E-state index in [1.54, 1.807) is 6.07 Å². The maximum Gasteiger partial charge on any atom is 0.226 e. The zero-order valence-electron chi connectivity index (χ0n) is 12.8. The number of nitrogens with zero attached hydrogens (tertiary/aromatic N) is 1. The Kier molecular flexibility index (Phi) is 4.43. The lowest BCUT2D eigenvalue weighted by atomic mass is 10.1. The Morgan fingerprint density at radius 3 is 2.82 bits per heavy atom. The highest BCUT2D eigenvalue weighted by Crippen LogP contribution is 2.49. The summed E-state index contributed by atoms with van der Waals surface area (Å²) in [6.07, 6.45) is 2.67. The fourth-order valence-electron chi connectivity index (χ4n) is 3.41. The first-order valence-electron chi connectivity index (χ1n) is 8.08. The summed E-state index contributed by atoms with van der Waals surface area (Å²) in [7, 11) is 0. The molecule has 1 saturated heterocycles. The minimum Gasteiger partial charge on any atom is -0.338 e. The lowest BCUT2D eigenvalue weighted by molar-refractivity contribution is -0.134. The van der Waals surface area contributed by atoms with Gasteiger partial charge >= 0.3 is 0 Å². The molecule has 120 valence electrons. The van der Waals surface area contributed by atoms with Crippen molar-refractivity contribution < 1.29 is 13.6 Å². The van der Waals surface area contributed by atoms with Crippen molar-refractivity contribution in [1.82, 2.24) is 10.2 Å². The lowest BCUT2D eigenvalue weighted by Gasteiger charge is -2.28. The van der Waals surface area contributed by atoms with E-state index in [-0.39, 0.29) is 23.8 Å². The Bertz CT molecular complexity index is 558. The molecule has 1 aliphatic carbocycles. The van der Waals surface area contributed by atoms with Crippen LogP contribution in [0.25, 0.3) is 0 Å². The van der Waals surface area contributed by atoms with Gasteiger partial charge in [0.25, 0.3) is 0 Å². The predicted molar refractivity (Wildman–Crippen MR) is 80.5 cm³/mol. The number of carbonyl (C=O) groups excluding carboxylic acids is 1. The molecule has 1 amide bonds. The fraction of sp³-hybridized carbons (Fsp3) is 0.588. The molecule has 2 fully saturated rings. The third-order valence-electron chi connectivity index (χ3n) is 4.70. The van der Waals surface area contributed by atoms with Gasteiger partial charge < -0.3 is 10.2 Å². The van der Waals surface area contributed by atoms with Crippen LogP contribution >= 0.6 is 0 Å². The van der Waals surface area contributed by atoms with E-state index < -0.39 is 11.6 Å². The molecule has 22 heavy (non-hydrogen) atoms. The van der Waals surface area contributed by atoms with Crippen LogP contribution in [0.15, 0.2) is 18.2 Å². The van der Waals surface area contributed by atoms with Crippen LogP contribution in [0.5, 0.6) is 0 Å². The number of carbonyl (C=O) groups is 1. The normalized spacial score (nSPS) is 27.0. The van der Waals surface area contributed by atoms with E-state index in [4.69, 9.17) is 0 Å². The second-order valence-corrected chi connectivity index (χ2v) is 6.30. The molecule has 5 heteroatoms. The van der Waals surface area contributed by atoms with Gasteiger partial charge in [0.05, 0.1) is 0 Å². The maximum atomic E-state index is 13.3. The molecule has 1 N–H and O–H groups in total. The summed E-state index contributed by atoms with van der Waals surface area (Å²) in [6, 6.07) is 4.25. The summed E-state index contributed by atoms with van der Waals surface area (Å²) in [5.74, 6) is -1.53. The number of hydrogen-bond acceptors (Lipinski definition) is 2. The van der Waals surface area contributed by atoms with Crippen LogP contribution < -0.4 is 5.32 Å². The first-order valence-corrected chi connectivity index (χ1v) is 8.08. The van der Waals surface area contributed by atoms with Crippen LogP contribution in [-0.2, 0) is 4.79 Å². The van der Waals surface area contributed by atoms with E-state index in [1.807, 2.05) is 4.90 Å². The van der Waals surface area contributed by atoms with E-state index in [1.165, 1.54) is 6.07 Å². The van der Waals surface area contributed by atoms with Gasteiger partial charge in [-0.25, -0.2) is 8.78 Å². The highest BCUT2D eigenvalue weighted by Gasteiger charge is 2.47. The van der Waals surface area contributed by atoms with Gasteiger partial charge in [0.1, 0.15) is 0 Å². The van der Waals surface area contributed by atoms with Crippen LogP contribution in [0.4, 0.5) is 8.78 Å². The summed E-state index contributed by atoms with van der Waals surface area (Å²) in [4.78, 5) is 14.7. The number of benzene rings is 1. The third kappa shape index (κ3) is 3.00. The molecule has 3 unspecified atom stereocenters. The molecular weight excluding hydrogens is 286 g/mol. The van der Waals surface area contributed by atoms with Crippen molar-refractivity contribution in [2.75, 3.05) is 19.6 Å². The average Bonchev–Trinajstić information content (AvgIpc) is 3.13. The molecule has 1 heterocycles. The standard InChI is InChI=1S/C17H22F2N2O/c1-2-7-21(12-5-6-20-10-12)17(22)14-9-13(14)11-3-4-15(18)16(19)8-11/h3-4,8,12-14,20H,2,5-7,9-10H2,1H3. The second-order valence-electron chi connectivity index (χ2n) is 6.30. The summed E-state index contributed by atoms with van der Waals surface area (Å²) in [6.45, 7) is 4.65. The minimum absolute atomic E-state index is 0.0383. The number of amides is 1. The number of nitrogens with one attached hydrogen (secondary N) is 1. The van der Waals surface area contributed by atoms with Gasteiger partial charge in [-0.2, -0.15) is 0 Å². The SMILES string of the molecule is CCCN(C(=O)C1CC1c1ccc(F)c(F)c1)C1CCNC1. The van der Waals surface area contributed by atoms with Crippen molar-refractivity contribution in [3.05, 3.63) is 35.4 Å². The quantitative estimate of drug-likeness (QED) is 0.907. The average molecular weight is 308 g/mol. The van der Waals surface area contributed by atoms with Crippen LogP contribution in [0.3, 0.4) is 0 Å². The van der Waals surface area contributed by atoms with Gasteiger partial charge in [-0.05, 0) is 49.4 Å². The molecule has 3 rings (SSSR count). The summed E-state index contributed by atoms with van der Waals surface area (Å²) in [5.41, 5.74) is 0.734. The van der Waals surface area contributed by atoms with Crippen molar-refractivity contribution in [3.63, 3.8) is 0 Å². The number of halogens is 2. The second kappa shape index (κ2) is 6.32. The predicted octanol–water partition coefficient (Wildman–Crippen LogP) is 2.67. The minimum atomic E-state index is -0.836. The Balaban J connectivity index is 1.68. The fourth-order valence-corrected chi connectivity index (χ4v) is 3.41. The van der Waals surface area contributed by atoms with Gasteiger partial charge in [-0.15, -0.1) is 0 Å². The van der Waals surface area contributed by atoms with E-state index in [2.05, 4.69) is 12.2 Å². The van der Waals surface area contributed by atoms with Crippen molar-refractivity contribution in [2.45, 2.75) is 38.1 Å². The first-order chi connectivity index (χ1) is 10.6. The summed E-state index contributed by atoms with van der Waals surface area (Å²) >= 11 is 0. The van der Waals surface area contributed by atoms with E-state index in [0.717, 1.165) is 50.5 Å². The monoisotopic (exact) mass is 308 g/mol. The molecule has 0 radical (unpaired) electrons. The molecular formula is C17H22F2N2O. The Morgan fingerprint density at radius 1 is 1.36 bits per heavy atom. The first kappa shape index (κ1) is 15.4. The highest BCUT2D eigenvalue weighted by molar-refractivity contribution is 5.83. The zero-order chi connectivity index (χ0) is 15.7. The summed E-state index contributed by atoms with van der Waals surface area (Å²) < 4.78 is 26.4. The Labute approximate surface area is 129 Å². The van der Waals surface area contributed by atoms with Gasteiger partial charge in [-0.1, -0.05) is 13.0 Å². The topological polar surface area (TPSA) is 32.3 Å².